The summed E-state index contributed by atoms with van der Waals surface area (Å²) < 4.78 is 39.9. The van der Waals surface area contributed by atoms with Crippen LogP contribution in [0, 0.1) is 6.92 Å². The number of nitrogens with zero attached hydrogens (tertiary/aromatic N) is 4. The van der Waals surface area contributed by atoms with Crippen LogP contribution in [0.15, 0.2) is 18.3 Å². The lowest BCUT2D eigenvalue weighted by Gasteiger charge is -2.31. The Hall–Kier alpha value is -2.09. The second-order valence-electron chi connectivity index (χ2n) is 5.39. The van der Waals surface area contributed by atoms with Crippen molar-refractivity contribution in [1.29, 1.82) is 0 Å². The van der Waals surface area contributed by atoms with Gasteiger partial charge in [-0.15, -0.1) is 0 Å². The van der Waals surface area contributed by atoms with Crippen LogP contribution in [0.2, 0.25) is 5.15 Å². The molecule has 0 radical (unpaired) electrons. The first-order valence-electron chi connectivity index (χ1n) is 6.80. The molecule has 1 aliphatic rings. The summed E-state index contributed by atoms with van der Waals surface area (Å²) in [7, 11) is 0. The van der Waals surface area contributed by atoms with Crippen LogP contribution in [-0.2, 0) is 6.18 Å². The monoisotopic (exact) mass is 344 g/mol. The molecule has 0 bridgehead atoms. The summed E-state index contributed by atoms with van der Waals surface area (Å²) in [6.45, 7) is 3.86. The van der Waals surface area contributed by atoms with E-state index < -0.39 is 16.9 Å². The molecule has 0 N–H and O–H groups in total. The number of pyridine rings is 1. The number of carbonyl (C=O) groups is 1. The molecule has 1 amide bonds. The average molecular weight is 345 g/mol. The molecule has 3 rings (SSSR count). The summed E-state index contributed by atoms with van der Waals surface area (Å²) in [5, 5.41) is 3.48. The number of carbonyl (C=O) groups excluding carboxylic acids is 1. The highest BCUT2D eigenvalue weighted by atomic mass is 35.5. The van der Waals surface area contributed by atoms with E-state index in [1.807, 2.05) is 6.92 Å². The molecule has 23 heavy (non-hydrogen) atoms. The maximum Gasteiger partial charge on any atom is 0.419 e. The molecule has 0 saturated heterocycles. The van der Waals surface area contributed by atoms with Gasteiger partial charge in [0.1, 0.15) is 16.7 Å². The van der Waals surface area contributed by atoms with Gasteiger partial charge in [-0.1, -0.05) is 11.6 Å². The quantitative estimate of drug-likeness (QED) is 0.744. The Kier molecular flexibility index (Phi) is 3.59. The molecule has 0 saturated carbocycles. The summed E-state index contributed by atoms with van der Waals surface area (Å²) in [6, 6.07) is 1.86. The number of fused-ring (bicyclic) bond motifs is 1. The number of aryl methyl sites for hydroxylation is 1. The fourth-order valence-corrected chi connectivity index (χ4v) is 2.84. The predicted molar refractivity (Wildman–Crippen MR) is 77.6 cm³/mol. The highest BCUT2D eigenvalue weighted by Crippen LogP contribution is 2.35. The van der Waals surface area contributed by atoms with Crippen molar-refractivity contribution in [2.45, 2.75) is 26.1 Å². The van der Waals surface area contributed by atoms with Crippen LogP contribution in [0.1, 0.15) is 34.6 Å². The Morgan fingerprint density at radius 2 is 2.04 bits per heavy atom. The molecular formula is C14H12ClF3N4O. The molecular weight excluding hydrogens is 333 g/mol. The van der Waals surface area contributed by atoms with Crippen molar-refractivity contribution in [3.63, 3.8) is 0 Å². The fourth-order valence-electron chi connectivity index (χ4n) is 2.59. The summed E-state index contributed by atoms with van der Waals surface area (Å²) in [5.41, 5.74) is 0.0766. The number of amides is 1. The standard InChI is InChI=1S/C14H12ClF3N4O/c1-7-5-19-22-8(2)6-21(13(23)11(7)22)10-4-3-9(12(15)20-10)14(16,17)18/h3-5,8H,6H2,1-2H3/t8-/m0/s1. The second-order valence-corrected chi connectivity index (χ2v) is 5.75. The highest BCUT2D eigenvalue weighted by Gasteiger charge is 2.36. The molecule has 122 valence electrons. The Morgan fingerprint density at radius 1 is 1.35 bits per heavy atom. The minimum Gasteiger partial charge on any atom is -0.289 e. The summed E-state index contributed by atoms with van der Waals surface area (Å²) in [5.74, 6) is -0.270. The molecule has 3 heterocycles. The molecule has 0 aromatic carbocycles. The normalized spacial score (nSPS) is 18.3. The summed E-state index contributed by atoms with van der Waals surface area (Å²) in [4.78, 5) is 17.7. The van der Waals surface area contributed by atoms with E-state index in [1.54, 1.807) is 17.8 Å². The van der Waals surface area contributed by atoms with Gasteiger partial charge in [-0.05, 0) is 26.0 Å². The van der Waals surface area contributed by atoms with Gasteiger partial charge in [-0.25, -0.2) is 4.98 Å². The van der Waals surface area contributed by atoms with Gasteiger partial charge in [0.2, 0.25) is 0 Å². The molecule has 0 fully saturated rings. The molecule has 1 aliphatic heterocycles. The van der Waals surface area contributed by atoms with Crippen LogP contribution >= 0.6 is 11.6 Å². The maximum atomic E-state index is 12.8. The van der Waals surface area contributed by atoms with Gasteiger partial charge in [-0.2, -0.15) is 18.3 Å². The van der Waals surface area contributed by atoms with Crippen molar-refractivity contribution in [3.05, 3.63) is 40.3 Å². The topological polar surface area (TPSA) is 51.0 Å². The highest BCUT2D eigenvalue weighted by molar-refractivity contribution is 6.30. The number of halogens is 4. The van der Waals surface area contributed by atoms with Gasteiger partial charge in [-0.3, -0.25) is 14.4 Å². The first-order chi connectivity index (χ1) is 10.7. The van der Waals surface area contributed by atoms with E-state index in [1.165, 1.54) is 4.90 Å². The summed E-state index contributed by atoms with van der Waals surface area (Å²) in [6.07, 6.45) is -3.00. The lowest BCUT2D eigenvalue weighted by molar-refractivity contribution is -0.137. The first-order valence-corrected chi connectivity index (χ1v) is 7.17. The number of alkyl halides is 3. The smallest absolute Gasteiger partial charge is 0.289 e. The Bertz CT molecular complexity index is 787. The summed E-state index contributed by atoms with van der Waals surface area (Å²) >= 11 is 5.64. The molecule has 2 aromatic heterocycles. The minimum absolute atomic E-state index is 0.0895. The van der Waals surface area contributed by atoms with E-state index >= 15 is 0 Å². The maximum absolute atomic E-state index is 12.8. The van der Waals surface area contributed by atoms with Gasteiger partial charge in [0.25, 0.3) is 5.91 Å². The number of rotatable bonds is 1. The molecule has 9 heteroatoms. The van der Waals surface area contributed by atoms with E-state index in [-0.39, 0.29) is 24.3 Å². The zero-order valence-corrected chi connectivity index (χ0v) is 13.0. The van der Waals surface area contributed by atoms with Crippen molar-refractivity contribution in [2.75, 3.05) is 11.4 Å². The van der Waals surface area contributed by atoms with Crippen LogP contribution in [0.3, 0.4) is 0 Å². The number of aromatic nitrogens is 3. The van der Waals surface area contributed by atoms with E-state index in [0.29, 0.717) is 11.3 Å². The number of anilines is 1. The van der Waals surface area contributed by atoms with Crippen LogP contribution < -0.4 is 4.90 Å². The number of hydrogen-bond acceptors (Lipinski definition) is 3. The van der Waals surface area contributed by atoms with Crippen molar-refractivity contribution in [3.8, 4) is 0 Å². The Balaban J connectivity index is 2.02. The third-order valence-corrected chi connectivity index (χ3v) is 3.99. The number of hydrogen-bond donors (Lipinski definition) is 0. The predicted octanol–water partition coefficient (Wildman–Crippen LogP) is 3.48. The molecule has 1 atom stereocenters. The lowest BCUT2D eigenvalue weighted by Crippen LogP contribution is -2.43. The van der Waals surface area contributed by atoms with Crippen LogP contribution in [0.25, 0.3) is 0 Å². The zero-order valence-electron chi connectivity index (χ0n) is 12.2. The molecule has 0 spiro atoms. The van der Waals surface area contributed by atoms with E-state index in [0.717, 1.165) is 12.1 Å². The zero-order chi connectivity index (χ0) is 16.9. The van der Waals surface area contributed by atoms with Gasteiger partial charge in [0, 0.05) is 12.1 Å². The van der Waals surface area contributed by atoms with Gasteiger partial charge < -0.3 is 0 Å². The minimum atomic E-state index is -4.59. The van der Waals surface area contributed by atoms with Crippen molar-refractivity contribution in [2.24, 2.45) is 0 Å². The second kappa shape index (κ2) is 5.23. The molecule has 0 aliphatic carbocycles. The van der Waals surface area contributed by atoms with Crippen LogP contribution in [0.4, 0.5) is 19.0 Å². The van der Waals surface area contributed by atoms with Gasteiger partial charge >= 0.3 is 6.18 Å². The SMILES string of the molecule is Cc1cnn2c1C(=O)N(c1ccc(C(F)(F)F)c(Cl)n1)C[C@@H]2C. The van der Waals surface area contributed by atoms with Crippen molar-refractivity contribution >= 4 is 23.3 Å². The third kappa shape index (κ3) is 2.56. The molecule has 5 nitrogen and oxygen atoms in total. The molecule has 0 unspecified atom stereocenters. The third-order valence-electron chi connectivity index (χ3n) is 3.71. The van der Waals surface area contributed by atoms with Crippen molar-refractivity contribution < 1.29 is 18.0 Å². The fraction of sp³-hybridized carbons (Fsp3) is 0.357. The van der Waals surface area contributed by atoms with Crippen molar-refractivity contribution in [1.82, 2.24) is 14.8 Å². The first kappa shape index (κ1) is 15.8. The van der Waals surface area contributed by atoms with Crippen LogP contribution in [0.5, 0.6) is 0 Å². The van der Waals surface area contributed by atoms with E-state index in [2.05, 4.69) is 10.1 Å². The largest absolute Gasteiger partial charge is 0.419 e. The van der Waals surface area contributed by atoms with Crippen LogP contribution in [-0.4, -0.2) is 27.2 Å². The Labute approximate surface area is 134 Å². The van der Waals surface area contributed by atoms with E-state index in [9.17, 15) is 18.0 Å². The Morgan fingerprint density at radius 3 is 2.65 bits per heavy atom. The molecule has 2 aromatic rings. The van der Waals surface area contributed by atoms with Gasteiger partial charge in [0.05, 0.1) is 17.8 Å². The van der Waals surface area contributed by atoms with Gasteiger partial charge in [0.15, 0.2) is 0 Å². The average Bonchev–Trinajstić information content (AvgIpc) is 2.84. The lowest BCUT2D eigenvalue weighted by atomic mass is 10.1. The van der Waals surface area contributed by atoms with E-state index in [4.69, 9.17) is 11.6 Å².